The van der Waals surface area contributed by atoms with Gasteiger partial charge in [0.1, 0.15) is 6.61 Å². The minimum atomic E-state index is 0.374. The molecule has 4 nitrogen and oxygen atoms in total. The van der Waals surface area contributed by atoms with Crippen molar-refractivity contribution in [1.82, 2.24) is 4.98 Å². The van der Waals surface area contributed by atoms with Crippen molar-refractivity contribution in [3.8, 4) is 17.6 Å². The first-order valence-corrected chi connectivity index (χ1v) is 6.45. The van der Waals surface area contributed by atoms with Gasteiger partial charge in [0.2, 0.25) is 0 Å². The van der Waals surface area contributed by atoms with Crippen molar-refractivity contribution in [3.05, 3.63) is 53.3 Å². The van der Waals surface area contributed by atoms with Crippen molar-refractivity contribution in [3.63, 3.8) is 0 Å². The van der Waals surface area contributed by atoms with Gasteiger partial charge in [-0.1, -0.05) is 6.07 Å². The van der Waals surface area contributed by atoms with Gasteiger partial charge in [-0.15, -0.1) is 0 Å². The van der Waals surface area contributed by atoms with Crippen molar-refractivity contribution in [1.29, 1.82) is 5.26 Å². The highest BCUT2D eigenvalue weighted by Gasteiger charge is 2.08. The summed E-state index contributed by atoms with van der Waals surface area (Å²) in [7, 11) is 0. The Kier molecular flexibility index (Phi) is 4.56. The lowest BCUT2D eigenvalue weighted by atomic mass is 10.2. The monoisotopic (exact) mass is 268 g/mol. The number of nitriles is 1. The molecule has 4 heteroatoms. The maximum absolute atomic E-state index is 8.91. The lowest BCUT2D eigenvalue weighted by Gasteiger charge is -2.12. The molecule has 0 aliphatic rings. The molecular formula is C16H16N2O2. The van der Waals surface area contributed by atoms with E-state index in [2.05, 4.69) is 11.1 Å². The van der Waals surface area contributed by atoms with Gasteiger partial charge in [-0.2, -0.15) is 5.26 Å². The van der Waals surface area contributed by atoms with Crippen molar-refractivity contribution >= 4 is 0 Å². The molecule has 0 bridgehead atoms. The first kappa shape index (κ1) is 13.9. The highest BCUT2D eigenvalue weighted by molar-refractivity contribution is 5.46. The molecular weight excluding hydrogens is 252 g/mol. The molecule has 0 fully saturated rings. The highest BCUT2D eigenvalue weighted by atomic mass is 16.5. The third kappa shape index (κ3) is 3.27. The molecule has 0 aliphatic carbocycles. The van der Waals surface area contributed by atoms with Gasteiger partial charge < -0.3 is 9.47 Å². The number of ether oxygens (including phenoxy) is 2. The van der Waals surface area contributed by atoms with Crippen LogP contribution in [0.1, 0.15) is 23.7 Å². The summed E-state index contributed by atoms with van der Waals surface area (Å²) in [4.78, 5) is 4.28. The average Bonchev–Trinajstić information content (AvgIpc) is 2.47. The molecule has 0 radical (unpaired) electrons. The smallest absolute Gasteiger partial charge is 0.162 e. The minimum Gasteiger partial charge on any atom is -0.490 e. The van der Waals surface area contributed by atoms with Crippen molar-refractivity contribution < 1.29 is 9.47 Å². The van der Waals surface area contributed by atoms with Gasteiger partial charge in [0.15, 0.2) is 11.5 Å². The number of aromatic nitrogens is 1. The summed E-state index contributed by atoms with van der Waals surface area (Å²) in [5, 5.41) is 8.91. The van der Waals surface area contributed by atoms with E-state index in [1.54, 1.807) is 24.4 Å². The fourth-order valence-corrected chi connectivity index (χ4v) is 1.78. The molecule has 102 valence electrons. The van der Waals surface area contributed by atoms with E-state index < -0.39 is 0 Å². The van der Waals surface area contributed by atoms with E-state index in [0.717, 1.165) is 11.3 Å². The molecule has 0 spiro atoms. The molecule has 0 N–H and O–H groups in total. The summed E-state index contributed by atoms with van der Waals surface area (Å²) < 4.78 is 11.3. The molecule has 1 aromatic carbocycles. The quantitative estimate of drug-likeness (QED) is 0.835. The van der Waals surface area contributed by atoms with Crippen LogP contribution in [0.4, 0.5) is 0 Å². The number of hydrogen-bond acceptors (Lipinski definition) is 4. The molecule has 1 heterocycles. The summed E-state index contributed by atoms with van der Waals surface area (Å²) in [6.45, 7) is 4.78. The predicted octanol–water partition coefficient (Wildman–Crippen LogP) is 3.24. The normalized spacial score (nSPS) is 9.85. The maximum atomic E-state index is 8.91. The Morgan fingerprint density at radius 3 is 2.75 bits per heavy atom. The first-order chi connectivity index (χ1) is 9.74. The summed E-state index contributed by atoms with van der Waals surface area (Å²) in [5.74, 6) is 1.20. The summed E-state index contributed by atoms with van der Waals surface area (Å²) in [6, 6.07) is 11.1. The standard InChI is InChI=1S/C16H16N2O2/c1-3-19-16-9-13(10-17)6-7-15(16)20-11-14-12(2)5-4-8-18-14/h4-9H,3,11H2,1-2H3. The molecule has 0 saturated heterocycles. The second-order valence-corrected chi connectivity index (χ2v) is 4.26. The zero-order valence-electron chi connectivity index (χ0n) is 11.6. The average molecular weight is 268 g/mol. The van der Waals surface area contributed by atoms with Crippen LogP contribution in [0.2, 0.25) is 0 Å². The first-order valence-electron chi connectivity index (χ1n) is 6.45. The van der Waals surface area contributed by atoms with Crippen LogP contribution in [-0.2, 0) is 6.61 Å². The molecule has 0 amide bonds. The van der Waals surface area contributed by atoms with Crippen LogP contribution >= 0.6 is 0 Å². The van der Waals surface area contributed by atoms with Crippen LogP contribution in [0.5, 0.6) is 11.5 Å². The summed E-state index contributed by atoms with van der Waals surface area (Å²) in [5.41, 5.74) is 2.52. The number of nitrogens with zero attached hydrogens (tertiary/aromatic N) is 2. The van der Waals surface area contributed by atoms with Gasteiger partial charge in [-0.05, 0) is 37.6 Å². The Bertz CT molecular complexity index is 633. The third-order valence-electron chi connectivity index (χ3n) is 2.85. The van der Waals surface area contributed by atoms with Crippen LogP contribution < -0.4 is 9.47 Å². The molecule has 2 aromatic rings. The van der Waals surface area contributed by atoms with E-state index in [1.165, 1.54) is 0 Å². The van der Waals surface area contributed by atoms with Crippen molar-refractivity contribution in [2.24, 2.45) is 0 Å². The van der Waals surface area contributed by atoms with Crippen LogP contribution in [0.25, 0.3) is 0 Å². The predicted molar refractivity (Wildman–Crippen MR) is 75.6 cm³/mol. The topological polar surface area (TPSA) is 55.1 Å². The molecule has 2 rings (SSSR count). The largest absolute Gasteiger partial charge is 0.490 e. The zero-order chi connectivity index (χ0) is 14.4. The van der Waals surface area contributed by atoms with Gasteiger partial charge in [0.05, 0.1) is 23.9 Å². The fourth-order valence-electron chi connectivity index (χ4n) is 1.78. The maximum Gasteiger partial charge on any atom is 0.162 e. The second kappa shape index (κ2) is 6.58. The molecule has 20 heavy (non-hydrogen) atoms. The lowest BCUT2D eigenvalue weighted by molar-refractivity contribution is 0.266. The van der Waals surface area contributed by atoms with E-state index in [4.69, 9.17) is 14.7 Å². The Morgan fingerprint density at radius 1 is 1.20 bits per heavy atom. The number of aryl methyl sites for hydroxylation is 1. The Balaban J connectivity index is 2.17. The summed E-state index contributed by atoms with van der Waals surface area (Å²) >= 11 is 0. The third-order valence-corrected chi connectivity index (χ3v) is 2.85. The van der Waals surface area contributed by atoms with E-state index >= 15 is 0 Å². The van der Waals surface area contributed by atoms with E-state index in [-0.39, 0.29) is 0 Å². The van der Waals surface area contributed by atoms with Crippen LogP contribution in [0, 0.1) is 18.3 Å². The highest BCUT2D eigenvalue weighted by Crippen LogP contribution is 2.29. The Hall–Kier alpha value is -2.54. The van der Waals surface area contributed by atoms with Gasteiger partial charge >= 0.3 is 0 Å². The minimum absolute atomic E-state index is 0.374. The molecule has 0 unspecified atom stereocenters. The number of benzene rings is 1. The van der Waals surface area contributed by atoms with Crippen LogP contribution in [0.15, 0.2) is 36.5 Å². The van der Waals surface area contributed by atoms with Gasteiger partial charge in [0.25, 0.3) is 0 Å². The van der Waals surface area contributed by atoms with E-state index in [1.807, 2.05) is 26.0 Å². The number of rotatable bonds is 5. The molecule has 0 saturated carbocycles. The van der Waals surface area contributed by atoms with Gasteiger partial charge in [-0.25, -0.2) is 0 Å². The SMILES string of the molecule is CCOc1cc(C#N)ccc1OCc1ncccc1C. The molecule has 0 aliphatic heterocycles. The Labute approximate surface area is 118 Å². The number of pyridine rings is 1. The van der Waals surface area contributed by atoms with E-state index in [9.17, 15) is 0 Å². The van der Waals surface area contributed by atoms with Gasteiger partial charge in [-0.3, -0.25) is 4.98 Å². The van der Waals surface area contributed by atoms with Gasteiger partial charge in [0, 0.05) is 12.3 Å². The molecule has 0 atom stereocenters. The molecule has 1 aromatic heterocycles. The van der Waals surface area contributed by atoms with Crippen LogP contribution in [-0.4, -0.2) is 11.6 Å². The lowest BCUT2D eigenvalue weighted by Crippen LogP contribution is -2.02. The fraction of sp³-hybridized carbons (Fsp3) is 0.250. The van der Waals surface area contributed by atoms with Crippen molar-refractivity contribution in [2.75, 3.05) is 6.61 Å². The number of hydrogen-bond donors (Lipinski definition) is 0. The Morgan fingerprint density at radius 2 is 2.05 bits per heavy atom. The summed E-state index contributed by atoms with van der Waals surface area (Å²) in [6.07, 6.45) is 1.74. The van der Waals surface area contributed by atoms with Crippen molar-refractivity contribution in [2.45, 2.75) is 20.5 Å². The zero-order valence-corrected chi connectivity index (χ0v) is 11.6. The van der Waals surface area contributed by atoms with E-state index in [0.29, 0.717) is 30.3 Å². The van der Waals surface area contributed by atoms with Crippen LogP contribution in [0.3, 0.4) is 0 Å². The second-order valence-electron chi connectivity index (χ2n) is 4.26.